The highest BCUT2D eigenvalue weighted by molar-refractivity contribution is 9.10. The highest BCUT2D eigenvalue weighted by atomic mass is 79.9. The number of aliphatic hydroxyl groups is 1. The van der Waals surface area contributed by atoms with Gasteiger partial charge in [-0.3, -0.25) is 19.2 Å². The van der Waals surface area contributed by atoms with Crippen molar-refractivity contribution in [3.63, 3.8) is 0 Å². The van der Waals surface area contributed by atoms with Gasteiger partial charge in [0.15, 0.2) is 0 Å². The number of carbonyl (C=O) groups is 2. The number of aromatic nitrogens is 2. The van der Waals surface area contributed by atoms with Crippen LogP contribution in [0.4, 0.5) is 0 Å². The molecule has 1 saturated carbocycles. The van der Waals surface area contributed by atoms with Gasteiger partial charge in [-0.15, -0.1) is 0 Å². The number of nitrogens with zero attached hydrogens (tertiary/aromatic N) is 3. The maximum absolute atomic E-state index is 11.6. The molecule has 2 amide bonds. The fourth-order valence-corrected chi connectivity index (χ4v) is 4.52. The van der Waals surface area contributed by atoms with Crippen molar-refractivity contribution in [3.05, 3.63) is 16.4 Å². The van der Waals surface area contributed by atoms with Gasteiger partial charge < -0.3 is 15.7 Å². The van der Waals surface area contributed by atoms with E-state index in [2.05, 4.69) is 36.6 Å². The van der Waals surface area contributed by atoms with Gasteiger partial charge in [-0.1, -0.05) is 0 Å². The van der Waals surface area contributed by atoms with Crippen LogP contribution in [0, 0.1) is 0 Å². The van der Waals surface area contributed by atoms with E-state index in [4.69, 9.17) is 0 Å². The molecule has 1 aliphatic carbocycles. The molecule has 1 aromatic heterocycles. The van der Waals surface area contributed by atoms with E-state index >= 15 is 0 Å². The van der Waals surface area contributed by atoms with Gasteiger partial charge >= 0.3 is 0 Å². The number of halogens is 1. The molecule has 0 atom stereocenters. The molecule has 0 spiro atoms. The fourth-order valence-electron chi connectivity index (χ4n) is 3.77. The molecule has 8 nitrogen and oxygen atoms in total. The normalized spacial score (nSPS) is 27.6. The SMILES string of the molecule is Cn1cc(Br)c(C2(O)CCC(N3CC(NC(=O)CNC=O)C3)CC2)n1. The molecule has 3 N–H and O–H groups in total. The predicted octanol–water partition coefficient (Wildman–Crippen LogP) is -0.141. The summed E-state index contributed by atoms with van der Waals surface area (Å²) < 4.78 is 2.57. The van der Waals surface area contributed by atoms with Gasteiger partial charge in [-0.25, -0.2) is 0 Å². The van der Waals surface area contributed by atoms with Crippen molar-refractivity contribution in [1.29, 1.82) is 0 Å². The van der Waals surface area contributed by atoms with Crippen LogP contribution in [0.1, 0.15) is 31.4 Å². The third-order valence-electron chi connectivity index (χ3n) is 5.14. The van der Waals surface area contributed by atoms with E-state index in [9.17, 15) is 14.7 Å². The molecule has 2 fully saturated rings. The maximum Gasteiger partial charge on any atom is 0.239 e. The summed E-state index contributed by atoms with van der Waals surface area (Å²) in [5, 5.41) is 20.6. The van der Waals surface area contributed by atoms with Gasteiger partial charge in [0, 0.05) is 32.4 Å². The quantitative estimate of drug-likeness (QED) is 0.563. The zero-order valence-electron chi connectivity index (χ0n) is 14.2. The smallest absolute Gasteiger partial charge is 0.239 e. The molecule has 1 saturated heterocycles. The molecule has 0 radical (unpaired) electrons. The van der Waals surface area contributed by atoms with E-state index in [1.165, 1.54) is 0 Å². The van der Waals surface area contributed by atoms with E-state index < -0.39 is 5.60 Å². The zero-order valence-corrected chi connectivity index (χ0v) is 15.8. The Balaban J connectivity index is 1.45. The minimum Gasteiger partial charge on any atom is -0.383 e. The van der Waals surface area contributed by atoms with Gasteiger partial charge in [-0.05, 0) is 41.6 Å². The molecule has 0 bridgehead atoms. The molecule has 1 aromatic rings. The standard InChI is InChI=1S/C16H24BrN5O3/c1-21-9-13(17)15(20-21)16(25)4-2-12(3-5-16)22-7-11(8-22)19-14(24)6-18-10-23/h9-12,25H,2-8H2,1H3,(H,18,23)(H,19,24). The van der Waals surface area contributed by atoms with Crippen molar-refractivity contribution in [2.45, 2.75) is 43.4 Å². The molecule has 25 heavy (non-hydrogen) atoms. The third kappa shape index (κ3) is 4.04. The van der Waals surface area contributed by atoms with E-state index in [0.717, 1.165) is 36.1 Å². The lowest BCUT2D eigenvalue weighted by molar-refractivity contribution is -0.124. The second kappa shape index (κ2) is 7.43. The second-order valence-electron chi connectivity index (χ2n) is 6.98. The molecule has 2 aliphatic rings. The Morgan fingerprint density at radius 3 is 2.72 bits per heavy atom. The zero-order chi connectivity index (χ0) is 18.0. The number of hydrogen-bond donors (Lipinski definition) is 3. The third-order valence-corrected chi connectivity index (χ3v) is 5.72. The van der Waals surface area contributed by atoms with Crippen molar-refractivity contribution in [3.8, 4) is 0 Å². The predicted molar refractivity (Wildman–Crippen MR) is 94.6 cm³/mol. The Morgan fingerprint density at radius 1 is 1.48 bits per heavy atom. The van der Waals surface area contributed by atoms with Gasteiger partial charge in [0.1, 0.15) is 11.3 Å². The maximum atomic E-state index is 11.6. The monoisotopic (exact) mass is 413 g/mol. The van der Waals surface area contributed by atoms with Crippen molar-refractivity contribution in [2.75, 3.05) is 19.6 Å². The summed E-state index contributed by atoms with van der Waals surface area (Å²) in [5.74, 6) is -0.158. The van der Waals surface area contributed by atoms with E-state index in [0.29, 0.717) is 25.3 Å². The lowest BCUT2D eigenvalue weighted by Crippen LogP contribution is -2.63. The average Bonchev–Trinajstić information content (AvgIpc) is 2.89. The van der Waals surface area contributed by atoms with Gasteiger partial charge in [0.25, 0.3) is 0 Å². The van der Waals surface area contributed by atoms with Crippen LogP contribution in [0.3, 0.4) is 0 Å². The first kappa shape index (κ1) is 18.3. The Morgan fingerprint density at radius 2 is 2.16 bits per heavy atom. The Kier molecular flexibility index (Phi) is 5.45. The number of carbonyl (C=O) groups excluding carboxylic acids is 2. The summed E-state index contributed by atoms with van der Waals surface area (Å²) in [6, 6.07) is 0.579. The van der Waals surface area contributed by atoms with E-state index in [1.807, 2.05) is 13.2 Å². The molecule has 0 aromatic carbocycles. The van der Waals surface area contributed by atoms with Gasteiger partial charge in [0.05, 0.1) is 17.1 Å². The Bertz CT molecular complexity index is 636. The van der Waals surface area contributed by atoms with Crippen LogP contribution in [0.25, 0.3) is 0 Å². The molecular formula is C16H24BrN5O3. The highest BCUT2D eigenvalue weighted by Crippen LogP contribution is 2.41. The molecular weight excluding hydrogens is 390 g/mol. The summed E-state index contributed by atoms with van der Waals surface area (Å²) in [7, 11) is 1.85. The van der Waals surface area contributed by atoms with Crippen LogP contribution >= 0.6 is 15.9 Å². The van der Waals surface area contributed by atoms with Crippen LogP contribution in [0.2, 0.25) is 0 Å². The molecule has 2 heterocycles. The van der Waals surface area contributed by atoms with Crippen molar-refractivity contribution in [1.82, 2.24) is 25.3 Å². The van der Waals surface area contributed by atoms with Crippen LogP contribution in [-0.2, 0) is 22.2 Å². The van der Waals surface area contributed by atoms with Crippen LogP contribution in [0.15, 0.2) is 10.7 Å². The molecule has 0 unspecified atom stereocenters. The summed E-state index contributed by atoms with van der Waals surface area (Å²) in [5.41, 5.74) is -0.139. The molecule has 138 valence electrons. The topological polar surface area (TPSA) is 99.5 Å². The van der Waals surface area contributed by atoms with E-state index in [-0.39, 0.29) is 18.5 Å². The number of amides is 2. The number of rotatable bonds is 6. The lowest BCUT2D eigenvalue weighted by Gasteiger charge is -2.48. The van der Waals surface area contributed by atoms with Crippen molar-refractivity contribution in [2.24, 2.45) is 7.05 Å². The molecule has 1 aliphatic heterocycles. The van der Waals surface area contributed by atoms with Gasteiger partial charge in [0.2, 0.25) is 12.3 Å². The minimum absolute atomic E-state index is 0.0232. The fraction of sp³-hybridized carbons (Fsp3) is 0.688. The largest absolute Gasteiger partial charge is 0.383 e. The first-order valence-corrected chi connectivity index (χ1v) is 9.33. The van der Waals surface area contributed by atoms with E-state index in [1.54, 1.807) is 4.68 Å². The Hall–Kier alpha value is -1.45. The van der Waals surface area contributed by atoms with Crippen molar-refractivity contribution >= 4 is 28.2 Å². The molecule has 3 rings (SSSR count). The minimum atomic E-state index is -0.865. The van der Waals surface area contributed by atoms with Crippen LogP contribution in [0.5, 0.6) is 0 Å². The average molecular weight is 414 g/mol. The van der Waals surface area contributed by atoms with Gasteiger partial charge in [-0.2, -0.15) is 5.10 Å². The number of nitrogens with one attached hydrogen (secondary N) is 2. The summed E-state index contributed by atoms with van der Waals surface area (Å²) in [4.78, 5) is 24.1. The first-order chi connectivity index (χ1) is 11.9. The van der Waals surface area contributed by atoms with Crippen LogP contribution < -0.4 is 10.6 Å². The Labute approximate surface area is 155 Å². The summed E-state index contributed by atoms with van der Waals surface area (Å²) in [6.45, 7) is 1.67. The first-order valence-electron chi connectivity index (χ1n) is 8.54. The second-order valence-corrected chi connectivity index (χ2v) is 7.83. The lowest BCUT2D eigenvalue weighted by atomic mass is 9.79. The van der Waals surface area contributed by atoms with Crippen molar-refractivity contribution < 1.29 is 14.7 Å². The highest BCUT2D eigenvalue weighted by Gasteiger charge is 2.42. The number of likely N-dealkylation sites (tertiary alicyclic amines) is 1. The summed E-state index contributed by atoms with van der Waals surface area (Å²) in [6.07, 6.45) is 5.57. The number of aryl methyl sites for hydroxylation is 1. The summed E-state index contributed by atoms with van der Waals surface area (Å²) >= 11 is 3.48. The number of hydrogen-bond acceptors (Lipinski definition) is 5. The van der Waals surface area contributed by atoms with Crippen LogP contribution in [-0.4, -0.2) is 63.8 Å². The molecule has 9 heteroatoms.